The minimum Gasteiger partial charge on any atom is -0.355 e. The molecule has 0 saturated carbocycles. The van der Waals surface area contributed by atoms with Crippen LogP contribution >= 0.6 is 11.8 Å². The van der Waals surface area contributed by atoms with Crippen LogP contribution < -0.4 is 5.32 Å². The average molecular weight is 489 g/mol. The van der Waals surface area contributed by atoms with Crippen molar-refractivity contribution in [1.29, 1.82) is 0 Å². The quantitative estimate of drug-likeness (QED) is 0.343. The number of nitrogens with zero attached hydrogens (tertiary/aromatic N) is 3. The average Bonchev–Trinajstić information content (AvgIpc) is 3.28. The lowest BCUT2D eigenvalue weighted by molar-refractivity contribution is -0.0201. The second kappa shape index (κ2) is 11.2. The summed E-state index contributed by atoms with van der Waals surface area (Å²) >= 11 is 1.92. The topological polar surface area (TPSA) is 52.0 Å². The Hall–Kier alpha value is -3.00. The molecular formula is C28H29FN4OS. The highest BCUT2D eigenvalue weighted by atomic mass is 32.2. The Morgan fingerprint density at radius 2 is 1.83 bits per heavy atom. The van der Waals surface area contributed by atoms with E-state index in [1.165, 1.54) is 17.7 Å². The number of hydrogen-bond donors (Lipinski definition) is 1. The molecule has 2 aromatic carbocycles. The van der Waals surface area contributed by atoms with Crippen molar-refractivity contribution in [2.45, 2.75) is 30.6 Å². The van der Waals surface area contributed by atoms with Crippen LogP contribution in [0, 0.1) is 5.82 Å². The van der Waals surface area contributed by atoms with E-state index in [1.807, 2.05) is 30.0 Å². The molecule has 1 fully saturated rings. The molecule has 4 aromatic rings. The molecular weight excluding hydrogens is 459 g/mol. The molecule has 0 bridgehead atoms. The van der Waals surface area contributed by atoms with Crippen molar-refractivity contribution in [3.63, 3.8) is 0 Å². The molecule has 0 amide bonds. The summed E-state index contributed by atoms with van der Waals surface area (Å²) in [5.74, 6) is 1.66. The van der Waals surface area contributed by atoms with Crippen molar-refractivity contribution >= 4 is 11.8 Å². The van der Waals surface area contributed by atoms with Crippen LogP contribution in [0.25, 0.3) is 22.5 Å². The molecule has 7 heteroatoms. The van der Waals surface area contributed by atoms with E-state index in [0.29, 0.717) is 18.4 Å². The second-order valence-corrected chi connectivity index (χ2v) is 10.1. The summed E-state index contributed by atoms with van der Waals surface area (Å²) in [5.41, 5.74) is 5.02. The van der Waals surface area contributed by atoms with E-state index >= 15 is 0 Å². The number of rotatable bonds is 8. The molecule has 1 aliphatic rings. The van der Waals surface area contributed by atoms with Crippen molar-refractivity contribution in [1.82, 2.24) is 19.9 Å². The van der Waals surface area contributed by atoms with E-state index in [-0.39, 0.29) is 12.0 Å². The van der Waals surface area contributed by atoms with Gasteiger partial charge in [-0.2, -0.15) is 11.8 Å². The Balaban J connectivity index is 1.55. The van der Waals surface area contributed by atoms with Crippen LogP contribution in [0.5, 0.6) is 0 Å². The molecule has 1 N–H and O–H groups in total. The maximum Gasteiger partial charge on any atom is 0.148 e. The number of ether oxygens (including phenoxy) is 1. The fraction of sp³-hybridized carbons (Fsp3) is 0.286. The highest BCUT2D eigenvalue weighted by Crippen LogP contribution is 2.37. The van der Waals surface area contributed by atoms with Crippen LogP contribution in [0.2, 0.25) is 0 Å². The molecule has 0 radical (unpaired) electrons. The van der Waals surface area contributed by atoms with E-state index in [4.69, 9.17) is 9.72 Å². The number of aromatic nitrogens is 3. The lowest BCUT2D eigenvalue weighted by Gasteiger charge is -2.28. The van der Waals surface area contributed by atoms with Crippen molar-refractivity contribution < 1.29 is 9.13 Å². The molecule has 5 nitrogen and oxygen atoms in total. The molecule has 180 valence electrons. The highest BCUT2D eigenvalue weighted by molar-refractivity contribution is 7.99. The Bertz CT molecular complexity index is 1230. The number of imidazole rings is 1. The van der Waals surface area contributed by atoms with Crippen molar-refractivity contribution in [3.8, 4) is 22.5 Å². The summed E-state index contributed by atoms with van der Waals surface area (Å²) < 4.78 is 22.2. The molecule has 1 aliphatic heterocycles. The van der Waals surface area contributed by atoms with Crippen LogP contribution in [0.3, 0.4) is 0 Å². The Morgan fingerprint density at radius 1 is 1.06 bits per heavy atom. The minimum absolute atomic E-state index is 0.171. The first-order valence-corrected chi connectivity index (χ1v) is 13.0. The summed E-state index contributed by atoms with van der Waals surface area (Å²) in [6.07, 6.45) is 4.20. The third-order valence-electron chi connectivity index (χ3n) is 6.10. The Labute approximate surface area is 209 Å². The third kappa shape index (κ3) is 5.64. The molecule has 0 aliphatic carbocycles. The monoisotopic (exact) mass is 488 g/mol. The summed E-state index contributed by atoms with van der Waals surface area (Å²) in [6.45, 7) is 4.42. The summed E-state index contributed by atoms with van der Waals surface area (Å²) in [6, 6.07) is 21.1. The van der Waals surface area contributed by atoms with Crippen LogP contribution in [0.4, 0.5) is 4.39 Å². The first-order chi connectivity index (χ1) is 17.2. The van der Waals surface area contributed by atoms with E-state index in [2.05, 4.69) is 46.1 Å². The number of pyridine rings is 1. The zero-order valence-electron chi connectivity index (χ0n) is 19.7. The maximum atomic E-state index is 13.7. The van der Waals surface area contributed by atoms with Crippen LogP contribution in [-0.2, 0) is 16.9 Å². The fourth-order valence-electron chi connectivity index (χ4n) is 4.37. The first-order valence-electron chi connectivity index (χ1n) is 11.9. The first kappa shape index (κ1) is 23.7. The van der Waals surface area contributed by atoms with Gasteiger partial charge in [-0.3, -0.25) is 9.55 Å². The molecule has 2 atom stereocenters. The van der Waals surface area contributed by atoms with Gasteiger partial charge in [0, 0.05) is 54.0 Å². The standard InChI is InChI=1S/C28H29FN4OS/c1-20(35-19-21-5-3-2-4-6-21)17-25-32-27(22-7-9-24(29)10-8-22)28(23-11-13-30-14-12-23)33(25)26-18-31-15-16-34-26/h2-14,20,26,31H,15-19H2,1H3. The van der Waals surface area contributed by atoms with Gasteiger partial charge in [-0.15, -0.1) is 0 Å². The second-order valence-electron chi connectivity index (χ2n) is 8.68. The Morgan fingerprint density at radius 3 is 2.54 bits per heavy atom. The smallest absolute Gasteiger partial charge is 0.148 e. The van der Waals surface area contributed by atoms with Crippen molar-refractivity contribution in [3.05, 3.63) is 96.3 Å². The number of thioether (sulfide) groups is 1. The van der Waals surface area contributed by atoms with E-state index in [1.54, 1.807) is 24.5 Å². The number of benzene rings is 2. The van der Waals surface area contributed by atoms with Crippen LogP contribution in [-0.4, -0.2) is 39.5 Å². The van der Waals surface area contributed by atoms with E-state index in [0.717, 1.165) is 47.1 Å². The zero-order chi connectivity index (χ0) is 24.0. The molecule has 2 aromatic heterocycles. The predicted octanol–water partition coefficient (Wildman–Crippen LogP) is 5.73. The van der Waals surface area contributed by atoms with Crippen molar-refractivity contribution in [2.24, 2.45) is 0 Å². The molecule has 5 rings (SSSR count). The zero-order valence-corrected chi connectivity index (χ0v) is 20.5. The molecule has 0 spiro atoms. The molecule has 3 heterocycles. The summed E-state index contributed by atoms with van der Waals surface area (Å²) in [5, 5.41) is 3.80. The lowest BCUT2D eigenvalue weighted by atomic mass is 10.1. The number of halogens is 1. The van der Waals surface area contributed by atoms with Gasteiger partial charge in [0.05, 0.1) is 18.0 Å². The largest absolute Gasteiger partial charge is 0.355 e. The SMILES string of the molecule is CC(Cc1nc(-c2ccc(F)cc2)c(-c2ccncc2)n1C1CNCCO1)SCc1ccccc1. The maximum absolute atomic E-state index is 13.7. The van der Waals surface area contributed by atoms with E-state index < -0.39 is 0 Å². The van der Waals surface area contributed by atoms with Gasteiger partial charge >= 0.3 is 0 Å². The van der Waals surface area contributed by atoms with Crippen LogP contribution in [0.1, 0.15) is 24.5 Å². The molecule has 2 unspecified atom stereocenters. The Kier molecular flexibility index (Phi) is 7.57. The third-order valence-corrected chi connectivity index (χ3v) is 7.33. The van der Waals surface area contributed by atoms with Crippen LogP contribution in [0.15, 0.2) is 79.1 Å². The van der Waals surface area contributed by atoms with Gasteiger partial charge in [-0.05, 0) is 42.0 Å². The predicted molar refractivity (Wildman–Crippen MR) is 140 cm³/mol. The van der Waals surface area contributed by atoms with Gasteiger partial charge in [0.15, 0.2) is 0 Å². The number of morpholine rings is 1. The summed E-state index contributed by atoms with van der Waals surface area (Å²) in [7, 11) is 0. The van der Waals surface area contributed by atoms with Crippen molar-refractivity contribution in [2.75, 3.05) is 19.7 Å². The molecule has 1 saturated heterocycles. The van der Waals surface area contributed by atoms with Gasteiger partial charge in [0.1, 0.15) is 17.9 Å². The lowest BCUT2D eigenvalue weighted by Crippen LogP contribution is -2.37. The normalized spacial score (nSPS) is 16.8. The van der Waals surface area contributed by atoms with Gasteiger partial charge in [-0.1, -0.05) is 37.3 Å². The molecule has 35 heavy (non-hydrogen) atoms. The summed E-state index contributed by atoms with van der Waals surface area (Å²) in [4.78, 5) is 9.36. The van der Waals surface area contributed by atoms with Gasteiger partial charge < -0.3 is 10.1 Å². The van der Waals surface area contributed by atoms with E-state index in [9.17, 15) is 4.39 Å². The number of hydrogen-bond acceptors (Lipinski definition) is 5. The van der Waals surface area contributed by atoms with Gasteiger partial charge in [-0.25, -0.2) is 9.37 Å². The van der Waals surface area contributed by atoms with Gasteiger partial charge in [0.25, 0.3) is 0 Å². The fourth-order valence-corrected chi connectivity index (χ4v) is 5.31. The number of nitrogens with one attached hydrogen (secondary N) is 1. The highest BCUT2D eigenvalue weighted by Gasteiger charge is 2.28. The van der Waals surface area contributed by atoms with Gasteiger partial charge in [0.2, 0.25) is 0 Å². The minimum atomic E-state index is -0.260.